The molecule has 140 valence electrons. The minimum Gasteiger partial charge on any atom is -0.496 e. The largest absolute Gasteiger partial charge is 0.496 e. The molecule has 2 atom stereocenters. The molecule has 26 heavy (non-hydrogen) atoms. The quantitative estimate of drug-likeness (QED) is 0.786. The molecular formula is C20H25FN2O3. The molecule has 6 heteroatoms. The van der Waals surface area contributed by atoms with E-state index < -0.39 is 11.9 Å². The Balaban J connectivity index is 2.02. The molecule has 0 aromatic heterocycles. The molecule has 5 nitrogen and oxygen atoms in total. The summed E-state index contributed by atoms with van der Waals surface area (Å²) in [6.45, 7) is 1.96. The van der Waals surface area contributed by atoms with Crippen LogP contribution >= 0.6 is 0 Å². The van der Waals surface area contributed by atoms with Crippen LogP contribution in [0.5, 0.6) is 11.5 Å². The zero-order chi connectivity index (χ0) is 19.1. The molecule has 0 bridgehead atoms. The summed E-state index contributed by atoms with van der Waals surface area (Å²) < 4.78 is 24.5. The van der Waals surface area contributed by atoms with Gasteiger partial charge in [-0.25, -0.2) is 4.39 Å². The summed E-state index contributed by atoms with van der Waals surface area (Å²) in [5.74, 6) is 0.0162. The Hall–Kier alpha value is -2.60. The Labute approximate surface area is 153 Å². The standard InChI is InChI=1S/C20H25FN2O3/c1-14(26-19-12-8-6-10-16(19)21)20(24)22-13-17(23(2)3)15-9-5-7-11-18(15)25-4/h5-12,14,17H,13H2,1-4H3,(H,22,24)/t14-,17+/m1/s1. The molecule has 0 aliphatic carbocycles. The number of amides is 1. The van der Waals surface area contributed by atoms with Crippen molar-refractivity contribution in [2.24, 2.45) is 0 Å². The topological polar surface area (TPSA) is 50.8 Å². The van der Waals surface area contributed by atoms with Crippen LogP contribution in [0.15, 0.2) is 48.5 Å². The lowest BCUT2D eigenvalue weighted by molar-refractivity contribution is -0.127. The summed E-state index contributed by atoms with van der Waals surface area (Å²) in [6, 6.07) is 13.6. The van der Waals surface area contributed by atoms with Gasteiger partial charge in [0.2, 0.25) is 0 Å². The van der Waals surface area contributed by atoms with Gasteiger partial charge in [0.1, 0.15) is 5.75 Å². The second kappa shape index (κ2) is 9.20. The van der Waals surface area contributed by atoms with Gasteiger partial charge in [-0.3, -0.25) is 4.79 Å². The number of hydrogen-bond donors (Lipinski definition) is 1. The number of benzene rings is 2. The third kappa shape index (κ3) is 4.95. The van der Waals surface area contributed by atoms with Gasteiger partial charge in [0, 0.05) is 12.1 Å². The van der Waals surface area contributed by atoms with Crippen LogP contribution in [-0.4, -0.2) is 44.7 Å². The minimum absolute atomic E-state index is 0.0593. The predicted octanol–water partition coefficient (Wildman–Crippen LogP) is 3.02. The first-order valence-corrected chi connectivity index (χ1v) is 8.42. The van der Waals surface area contributed by atoms with Gasteiger partial charge in [-0.1, -0.05) is 30.3 Å². The van der Waals surface area contributed by atoms with Crippen molar-refractivity contribution in [3.63, 3.8) is 0 Å². The van der Waals surface area contributed by atoms with Crippen molar-refractivity contribution in [3.8, 4) is 11.5 Å². The SMILES string of the molecule is COc1ccccc1[C@H](CNC(=O)[C@@H](C)Oc1ccccc1F)N(C)C. The molecule has 0 spiro atoms. The van der Waals surface area contributed by atoms with E-state index in [0.717, 1.165) is 11.3 Å². The molecule has 0 aliphatic heterocycles. The van der Waals surface area contributed by atoms with Gasteiger partial charge >= 0.3 is 0 Å². The van der Waals surface area contributed by atoms with E-state index in [2.05, 4.69) is 5.32 Å². The molecule has 0 unspecified atom stereocenters. The molecule has 0 radical (unpaired) electrons. The van der Waals surface area contributed by atoms with Crippen molar-refractivity contribution in [2.45, 2.75) is 19.1 Å². The van der Waals surface area contributed by atoms with Crippen molar-refractivity contribution in [1.29, 1.82) is 0 Å². The van der Waals surface area contributed by atoms with Crippen molar-refractivity contribution in [3.05, 3.63) is 59.9 Å². The Morgan fingerprint density at radius 3 is 2.35 bits per heavy atom. The van der Waals surface area contributed by atoms with Crippen LogP contribution in [-0.2, 0) is 4.79 Å². The Morgan fingerprint density at radius 1 is 1.12 bits per heavy atom. The first-order valence-electron chi connectivity index (χ1n) is 8.42. The minimum atomic E-state index is -0.813. The number of carbonyl (C=O) groups is 1. The van der Waals surface area contributed by atoms with E-state index >= 15 is 0 Å². The average molecular weight is 360 g/mol. The van der Waals surface area contributed by atoms with E-state index in [0.29, 0.717) is 6.54 Å². The second-order valence-corrected chi connectivity index (χ2v) is 6.16. The highest BCUT2D eigenvalue weighted by molar-refractivity contribution is 5.80. The van der Waals surface area contributed by atoms with E-state index in [9.17, 15) is 9.18 Å². The van der Waals surface area contributed by atoms with Gasteiger partial charge in [-0.2, -0.15) is 0 Å². The lowest BCUT2D eigenvalue weighted by Crippen LogP contribution is -2.41. The van der Waals surface area contributed by atoms with Crippen LogP contribution in [0.4, 0.5) is 4.39 Å². The van der Waals surface area contributed by atoms with E-state index in [4.69, 9.17) is 9.47 Å². The number of methoxy groups -OCH3 is 1. The normalized spacial score (nSPS) is 13.2. The fraction of sp³-hybridized carbons (Fsp3) is 0.350. The lowest BCUT2D eigenvalue weighted by atomic mass is 10.0. The van der Waals surface area contributed by atoms with Crippen LogP contribution in [0.3, 0.4) is 0 Å². The highest BCUT2D eigenvalue weighted by Gasteiger charge is 2.22. The van der Waals surface area contributed by atoms with Crippen LogP contribution in [0.25, 0.3) is 0 Å². The summed E-state index contributed by atoms with van der Waals surface area (Å²) in [5.41, 5.74) is 0.975. The Bertz CT molecular complexity index is 737. The van der Waals surface area contributed by atoms with Gasteiger partial charge in [0.25, 0.3) is 5.91 Å². The van der Waals surface area contributed by atoms with Gasteiger partial charge in [-0.15, -0.1) is 0 Å². The zero-order valence-electron chi connectivity index (χ0n) is 15.5. The molecule has 1 N–H and O–H groups in total. The van der Waals surface area contributed by atoms with Gasteiger partial charge < -0.3 is 19.7 Å². The summed E-state index contributed by atoms with van der Waals surface area (Å²) in [6.07, 6.45) is -0.813. The first-order chi connectivity index (χ1) is 12.4. The Kier molecular flexibility index (Phi) is 6.97. The number of halogens is 1. The lowest BCUT2D eigenvalue weighted by Gasteiger charge is -2.27. The molecular weight excluding hydrogens is 335 g/mol. The highest BCUT2D eigenvalue weighted by atomic mass is 19.1. The third-order valence-corrected chi connectivity index (χ3v) is 4.10. The fourth-order valence-corrected chi connectivity index (χ4v) is 2.64. The second-order valence-electron chi connectivity index (χ2n) is 6.16. The van der Waals surface area contributed by atoms with Gasteiger partial charge in [0.15, 0.2) is 17.7 Å². The molecule has 0 heterocycles. The summed E-state index contributed by atoms with van der Waals surface area (Å²) in [5, 5.41) is 2.87. The maximum absolute atomic E-state index is 13.7. The monoisotopic (exact) mass is 360 g/mol. The molecule has 2 aromatic carbocycles. The van der Waals surface area contributed by atoms with Crippen LogP contribution in [0.2, 0.25) is 0 Å². The molecule has 1 amide bonds. The number of nitrogens with zero attached hydrogens (tertiary/aromatic N) is 1. The fourth-order valence-electron chi connectivity index (χ4n) is 2.64. The molecule has 0 saturated carbocycles. The van der Waals surface area contributed by atoms with E-state index in [1.54, 1.807) is 26.2 Å². The van der Waals surface area contributed by atoms with Crippen molar-refractivity contribution in [2.75, 3.05) is 27.7 Å². The van der Waals surface area contributed by atoms with E-state index in [1.807, 2.05) is 43.3 Å². The molecule has 2 aromatic rings. The van der Waals surface area contributed by atoms with Crippen LogP contribution in [0.1, 0.15) is 18.5 Å². The van der Waals surface area contributed by atoms with Crippen LogP contribution in [0, 0.1) is 5.82 Å². The number of ether oxygens (including phenoxy) is 2. The summed E-state index contributed by atoms with van der Waals surface area (Å²) in [4.78, 5) is 14.4. The highest BCUT2D eigenvalue weighted by Crippen LogP contribution is 2.27. The van der Waals surface area contributed by atoms with Crippen molar-refractivity contribution in [1.82, 2.24) is 10.2 Å². The molecule has 0 saturated heterocycles. The number of hydrogen-bond acceptors (Lipinski definition) is 4. The smallest absolute Gasteiger partial charge is 0.260 e. The third-order valence-electron chi connectivity index (χ3n) is 4.10. The van der Waals surface area contributed by atoms with Crippen molar-refractivity contribution >= 4 is 5.91 Å². The first kappa shape index (κ1) is 19.7. The maximum atomic E-state index is 13.7. The average Bonchev–Trinajstić information content (AvgIpc) is 2.63. The van der Waals surface area contributed by atoms with E-state index in [-0.39, 0.29) is 17.7 Å². The number of rotatable bonds is 8. The number of nitrogens with one attached hydrogen (secondary N) is 1. The van der Waals surface area contributed by atoms with Gasteiger partial charge in [-0.05, 0) is 39.2 Å². The summed E-state index contributed by atoms with van der Waals surface area (Å²) in [7, 11) is 5.49. The Morgan fingerprint density at radius 2 is 1.73 bits per heavy atom. The summed E-state index contributed by atoms with van der Waals surface area (Å²) >= 11 is 0. The van der Waals surface area contributed by atoms with Crippen LogP contribution < -0.4 is 14.8 Å². The number of para-hydroxylation sites is 2. The predicted molar refractivity (Wildman–Crippen MR) is 98.9 cm³/mol. The number of likely N-dealkylation sites (N-methyl/N-ethyl adjacent to an activating group) is 1. The molecule has 0 fully saturated rings. The zero-order valence-corrected chi connectivity index (χ0v) is 15.5. The molecule has 2 rings (SSSR count). The van der Waals surface area contributed by atoms with Gasteiger partial charge in [0.05, 0.1) is 13.2 Å². The number of carbonyl (C=O) groups excluding carboxylic acids is 1. The van der Waals surface area contributed by atoms with E-state index in [1.165, 1.54) is 12.1 Å². The van der Waals surface area contributed by atoms with Crippen molar-refractivity contribution < 1.29 is 18.7 Å². The maximum Gasteiger partial charge on any atom is 0.260 e. The molecule has 0 aliphatic rings.